The Morgan fingerprint density at radius 2 is 2.11 bits per heavy atom. The summed E-state index contributed by atoms with van der Waals surface area (Å²) >= 11 is 0. The molecule has 0 aliphatic heterocycles. The minimum Gasteiger partial charge on any atom is -0.481 e. The Morgan fingerprint density at radius 3 is 2.58 bits per heavy atom. The molecule has 0 amide bonds. The first-order chi connectivity index (χ1) is 8.84. The van der Waals surface area contributed by atoms with Gasteiger partial charge in [-0.05, 0) is 18.6 Å². The van der Waals surface area contributed by atoms with Gasteiger partial charge < -0.3 is 10.4 Å². The van der Waals surface area contributed by atoms with Crippen LogP contribution in [0.15, 0.2) is 23.2 Å². The maximum atomic E-state index is 11.8. The highest BCUT2D eigenvalue weighted by molar-refractivity contribution is 7.89. The van der Waals surface area contributed by atoms with Gasteiger partial charge in [-0.2, -0.15) is 0 Å². The number of sulfonamides is 1. The van der Waals surface area contributed by atoms with Crippen LogP contribution in [0.4, 0.5) is 5.82 Å². The fraction of sp³-hybridized carbons (Fsp3) is 0.455. The third kappa shape index (κ3) is 4.49. The third-order valence-electron chi connectivity index (χ3n) is 2.39. The Morgan fingerprint density at radius 1 is 1.42 bits per heavy atom. The molecule has 0 atom stereocenters. The smallest absolute Gasteiger partial charge is 0.303 e. The summed E-state index contributed by atoms with van der Waals surface area (Å²) in [5, 5.41) is 11.4. The molecule has 2 N–H and O–H groups in total. The fourth-order valence-electron chi connectivity index (χ4n) is 1.30. The van der Waals surface area contributed by atoms with E-state index >= 15 is 0 Å². The van der Waals surface area contributed by atoms with E-state index < -0.39 is 16.0 Å². The van der Waals surface area contributed by atoms with Crippen LogP contribution in [0.25, 0.3) is 0 Å². The number of pyridine rings is 1. The molecule has 0 bridgehead atoms. The van der Waals surface area contributed by atoms with Gasteiger partial charge in [-0.3, -0.25) is 4.79 Å². The van der Waals surface area contributed by atoms with Gasteiger partial charge in [0.1, 0.15) is 10.7 Å². The van der Waals surface area contributed by atoms with E-state index in [2.05, 4.69) is 10.3 Å². The van der Waals surface area contributed by atoms with Gasteiger partial charge in [0.2, 0.25) is 10.0 Å². The summed E-state index contributed by atoms with van der Waals surface area (Å²) in [7, 11) is -0.561. The van der Waals surface area contributed by atoms with E-state index in [9.17, 15) is 13.2 Å². The monoisotopic (exact) mass is 287 g/mol. The predicted octanol–water partition coefficient (Wildman–Crippen LogP) is 0.609. The molecule has 0 aliphatic carbocycles. The molecular weight excluding hydrogens is 270 g/mol. The van der Waals surface area contributed by atoms with E-state index in [1.165, 1.54) is 26.4 Å². The van der Waals surface area contributed by atoms with Crippen molar-refractivity contribution in [3.8, 4) is 0 Å². The molecule has 1 rings (SSSR count). The second-order valence-electron chi connectivity index (χ2n) is 4.09. The largest absolute Gasteiger partial charge is 0.481 e. The second kappa shape index (κ2) is 6.48. The van der Waals surface area contributed by atoms with E-state index in [4.69, 9.17) is 5.11 Å². The van der Waals surface area contributed by atoms with Crippen LogP contribution >= 0.6 is 0 Å². The second-order valence-corrected chi connectivity index (χ2v) is 6.24. The number of aromatic nitrogens is 1. The molecule has 7 nitrogen and oxygen atoms in total. The number of carboxylic acids is 1. The van der Waals surface area contributed by atoms with Gasteiger partial charge in [0.15, 0.2) is 0 Å². The lowest BCUT2D eigenvalue weighted by molar-refractivity contribution is -0.137. The lowest BCUT2D eigenvalue weighted by atomic mass is 10.3. The Kier molecular flexibility index (Phi) is 5.25. The third-order valence-corrected chi connectivity index (χ3v) is 4.19. The summed E-state index contributed by atoms with van der Waals surface area (Å²) in [6.45, 7) is 0.471. The number of carbonyl (C=O) groups is 1. The zero-order valence-corrected chi connectivity index (χ0v) is 11.6. The predicted molar refractivity (Wildman–Crippen MR) is 70.5 cm³/mol. The van der Waals surface area contributed by atoms with Crippen molar-refractivity contribution in [1.82, 2.24) is 9.29 Å². The molecule has 0 saturated heterocycles. The average molecular weight is 287 g/mol. The van der Waals surface area contributed by atoms with Crippen LogP contribution in [0.2, 0.25) is 0 Å². The van der Waals surface area contributed by atoms with Gasteiger partial charge in [0.25, 0.3) is 0 Å². The van der Waals surface area contributed by atoms with Crippen LogP contribution < -0.4 is 5.32 Å². The zero-order chi connectivity index (χ0) is 14.5. The number of nitrogens with one attached hydrogen (secondary N) is 1. The van der Waals surface area contributed by atoms with Crippen LogP contribution in [0.3, 0.4) is 0 Å². The molecule has 0 spiro atoms. The molecule has 1 aromatic heterocycles. The Balaban J connectivity index is 2.60. The van der Waals surface area contributed by atoms with Crippen molar-refractivity contribution in [2.24, 2.45) is 0 Å². The number of hydrogen-bond donors (Lipinski definition) is 2. The number of aliphatic carboxylic acids is 1. The maximum Gasteiger partial charge on any atom is 0.303 e. The summed E-state index contributed by atoms with van der Waals surface area (Å²) in [6, 6.07) is 3.01. The molecule has 1 heterocycles. The first kappa shape index (κ1) is 15.4. The first-order valence-electron chi connectivity index (χ1n) is 5.68. The van der Waals surface area contributed by atoms with Crippen molar-refractivity contribution in [3.63, 3.8) is 0 Å². The summed E-state index contributed by atoms with van der Waals surface area (Å²) in [4.78, 5) is 14.4. The van der Waals surface area contributed by atoms with E-state index in [1.807, 2.05) is 0 Å². The molecule has 0 aromatic carbocycles. The molecule has 8 heteroatoms. The Labute approximate surface area is 112 Å². The van der Waals surface area contributed by atoms with Crippen molar-refractivity contribution in [2.75, 3.05) is 26.0 Å². The summed E-state index contributed by atoms with van der Waals surface area (Å²) in [5.74, 6) is -0.328. The minimum atomic E-state index is -3.46. The summed E-state index contributed by atoms with van der Waals surface area (Å²) in [6.07, 6.45) is 1.84. The number of rotatable bonds is 7. The molecule has 0 aliphatic rings. The van der Waals surface area contributed by atoms with Gasteiger partial charge in [0.05, 0.1) is 0 Å². The average Bonchev–Trinajstić information content (AvgIpc) is 2.35. The maximum absolute atomic E-state index is 11.8. The summed E-state index contributed by atoms with van der Waals surface area (Å²) in [5.41, 5.74) is 0. The highest BCUT2D eigenvalue weighted by atomic mass is 32.2. The van der Waals surface area contributed by atoms with Gasteiger partial charge in [-0.15, -0.1) is 0 Å². The topological polar surface area (TPSA) is 99.6 Å². The normalized spacial score (nSPS) is 11.5. The van der Waals surface area contributed by atoms with E-state index in [0.717, 1.165) is 4.31 Å². The number of nitrogens with zero attached hydrogens (tertiary/aromatic N) is 2. The van der Waals surface area contributed by atoms with Gasteiger partial charge >= 0.3 is 5.97 Å². The Bertz CT molecular complexity index is 525. The number of hydrogen-bond acceptors (Lipinski definition) is 5. The zero-order valence-electron chi connectivity index (χ0n) is 10.8. The molecule has 19 heavy (non-hydrogen) atoms. The molecule has 0 unspecified atom stereocenters. The lowest BCUT2D eigenvalue weighted by Crippen LogP contribution is -2.22. The van der Waals surface area contributed by atoms with Gasteiger partial charge in [0, 0.05) is 33.3 Å². The van der Waals surface area contributed by atoms with Crippen LogP contribution in [0.5, 0.6) is 0 Å². The SMILES string of the molecule is CN(C)S(=O)(=O)c1ccc(NCCCC(=O)O)nc1. The van der Waals surface area contributed by atoms with E-state index in [1.54, 1.807) is 6.07 Å². The van der Waals surface area contributed by atoms with Crippen molar-refractivity contribution in [2.45, 2.75) is 17.7 Å². The number of anilines is 1. The van der Waals surface area contributed by atoms with Crippen molar-refractivity contribution in [3.05, 3.63) is 18.3 Å². The minimum absolute atomic E-state index is 0.0834. The fourth-order valence-corrected chi connectivity index (χ4v) is 2.15. The first-order valence-corrected chi connectivity index (χ1v) is 7.12. The molecule has 1 aromatic rings. The Hall–Kier alpha value is -1.67. The van der Waals surface area contributed by atoms with Crippen LogP contribution in [-0.2, 0) is 14.8 Å². The van der Waals surface area contributed by atoms with E-state index in [0.29, 0.717) is 18.8 Å². The van der Waals surface area contributed by atoms with Crippen LogP contribution in [0, 0.1) is 0 Å². The van der Waals surface area contributed by atoms with E-state index in [-0.39, 0.29) is 11.3 Å². The number of carboxylic acid groups (broad SMARTS) is 1. The highest BCUT2D eigenvalue weighted by Gasteiger charge is 2.17. The summed E-state index contributed by atoms with van der Waals surface area (Å²) < 4.78 is 24.7. The van der Waals surface area contributed by atoms with Crippen LogP contribution in [-0.4, -0.2) is 49.4 Å². The van der Waals surface area contributed by atoms with Crippen LogP contribution in [0.1, 0.15) is 12.8 Å². The molecule has 0 fully saturated rings. The van der Waals surface area contributed by atoms with Gasteiger partial charge in [-0.1, -0.05) is 0 Å². The van der Waals surface area contributed by atoms with Gasteiger partial charge in [-0.25, -0.2) is 17.7 Å². The van der Waals surface area contributed by atoms with Crippen molar-refractivity contribution < 1.29 is 18.3 Å². The van der Waals surface area contributed by atoms with Crippen molar-refractivity contribution in [1.29, 1.82) is 0 Å². The molecule has 0 radical (unpaired) electrons. The molecular formula is C11H17N3O4S. The quantitative estimate of drug-likeness (QED) is 0.713. The highest BCUT2D eigenvalue weighted by Crippen LogP contribution is 2.13. The van der Waals surface area contributed by atoms with Crippen molar-refractivity contribution >= 4 is 21.8 Å². The lowest BCUT2D eigenvalue weighted by Gasteiger charge is -2.11. The molecule has 106 valence electrons. The standard InChI is InChI=1S/C11H17N3O4S/c1-14(2)19(17,18)9-5-6-10(13-8-9)12-7-3-4-11(15)16/h5-6,8H,3-4,7H2,1-2H3,(H,12,13)(H,15,16). The molecule has 0 saturated carbocycles.